The van der Waals surface area contributed by atoms with Gasteiger partial charge in [0.2, 0.25) is 0 Å². The topological polar surface area (TPSA) is 105 Å². The van der Waals surface area contributed by atoms with Crippen LogP contribution in [0.4, 0.5) is 9.59 Å². The third-order valence-electron chi connectivity index (χ3n) is 7.91. The van der Waals surface area contributed by atoms with Crippen molar-refractivity contribution < 1.29 is 29.0 Å². The van der Waals surface area contributed by atoms with Gasteiger partial charge in [0.05, 0.1) is 12.0 Å². The van der Waals surface area contributed by atoms with E-state index in [2.05, 4.69) is 17.4 Å². The maximum Gasteiger partial charge on any atom is 0.410 e. The van der Waals surface area contributed by atoms with Gasteiger partial charge < -0.3 is 24.8 Å². The van der Waals surface area contributed by atoms with E-state index in [0.717, 1.165) is 28.7 Å². The quantitative estimate of drug-likeness (QED) is 0.570. The number of carboxylic acid groups (broad SMARTS) is 1. The number of rotatable bonds is 6. The second-order valence-electron chi connectivity index (χ2n) is 11.7. The Bertz CT molecular complexity index is 1190. The fourth-order valence-corrected chi connectivity index (χ4v) is 6.52. The normalized spacial score (nSPS) is 23.4. The molecule has 2 N–H and O–H groups in total. The van der Waals surface area contributed by atoms with Crippen LogP contribution in [0.2, 0.25) is 0 Å². The van der Waals surface area contributed by atoms with Gasteiger partial charge in [0.1, 0.15) is 12.2 Å². The van der Waals surface area contributed by atoms with Crippen molar-refractivity contribution in [1.29, 1.82) is 0 Å². The molecule has 4 atom stereocenters. The zero-order chi connectivity index (χ0) is 26.5. The van der Waals surface area contributed by atoms with E-state index in [1.165, 1.54) is 0 Å². The second kappa shape index (κ2) is 9.08. The molecule has 2 aliphatic carbocycles. The molecule has 0 spiro atoms. The van der Waals surface area contributed by atoms with Gasteiger partial charge in [-0.1, -0.05) is 48.5 Å². The van der Waals surface area contributed by atoms with Crippen LogP contribution < -0.4 is 5.32 Å². The number of carbonyl (C=O) groups is 3. The van der Waals surface area contributed by atoms with Crippen LogP contribution in [-0.2, 0) is 14.3 Å². The van der Waals surface area contributed by atoms with Crippen LogP contribution in [0.5, 0.6) is 0 Å². The number of fused-ring (bicyclic) bond motifs is 4. The SMILES string of the molecule is CC(C)(C)OC(=O)N1CC2CC1C2C(C)(CC(=O)O)NC(=O)OCC1c2ccccc2-c2ccccc21. The molecule has 2 aromatic carbocycles. The molecule has 2 heterocycles. The predicted octanol–water partition coefficient (Wildman–Crippen LogP) is 5.01. The third kappa shape index (κ3) is 4.65. The van der Waals surface area contributed by atoms with Crippen LogP contribution in [0.15, 0.2) is 48.5 Å². The Morgan fingerprint density at radius 3 is 2.16 bits per heavy atom. The largest absolute Gasteiger partial charge is 0.481 e. The molecule has 0 radical (unpaired) electrons. The molecule has 4 aliphatic rings. The van der Waals surface area contributed by atoms with Crippen LogP contribution in [0, 0.1) is 11.8 Å². The average Bonchev–Trinajstić information content (AvgIpc) is 3.47. The Morgan fingerprint density at radius 2 is 1.59 bits per heavy atom. The number of alkyl carbamates (subject to hydrolysis) is 1. The lowest BCUT2D eigenvalue weighted by Crippen LogP contribution is -2.62. The summed E-state index contributed by atoms with van der Waals surface area (Å²) in [7, 11) is 0. The summed E-state index contributed by atoms with van der Waals surface area (Å²) in [4.78, 5) is 39.3. The Hall–Kier alpha value is -3.55. The highest BCUT2D eigenvalue weighted by atomic mass is 16.6. The molecule has 8 nitrogen and oxygen atoms in total. The van der Waals surface area contributed by atoms with Crippen LogP contribution in [0.25, 0.3) is 11.1 Å². The van der Waals surface area contributed by atoms with Crippen molar-refractivity contribution in [3.8, 4) is 11.1 Å². The summed E-state index contributed by atoms with van der Waals surface area (Å²) < 4.78 is 11.3. The van der Waals surface area contributed by atoms with Gasteiger partial charge >= 0.3 is 18.2 Å². The number of carbonyl (C=O) groups excluding carboxylic acids is 2. The molecule has 196 valence electrons. The molecule has 0 aromatic heterocycles. The standard InChI is InChI=1S/C29H34N2O6/c1-28(2,3)37-27(35)31-15-17-13-23(31)25(17)29(4,14-24(32)33)30-26(34)36-16-22-20-11-7-5-9-18(20)19-10-6-8-12-21(19)22/h5-12,17,22-23,25H,13-16H2,1-4H3,(H,30,34)(H,32,33). The number of benzene rings is 2. The Kier molecular flexibility index (Phi) is 6.16. The molecular formula is C29H34N2O6. The minimum Gasteiger partial charge on any atom is -0.481 e. The molecule has 3 fully saturated rings. The first kappa shape index (κ1) is 25.1. The van der Waals surface area contributed by atoms with Crippen molar-refractivity contribution in [3.05, 3.63) is 59.7 Å². The molecule has 37 heavy (non-hydrogen) atoms. The maximum absolute atomic E-state index is 13.1. The highest BCUT2D eigenvalue weighted by molar-refractivity contribution is 5.79. The summed E-state index contributed by atoms with van der Waals surface area (Å²) in [6.07, 6.45) is -0.551. The molecule has 2 aliphatic heterocycles. The van der Waals surface area contributed by atoms with Crippen molar-refractivity contribution in [2.45, 2.75) is 63.6 Å². The van der Waals surface area contributed by atoms with Crippen molar-refractivity contribution in [2.24, 2.45) is 11.8 Å². The molecule has 2 saturated heterocycles. The number of nitrogens with zero attached hydrogens (tertiary/aromatic N) is 1. The molecule has 6 rings (SSSR count). The van der Waals surface area contributed by atoms with Crippen molar-refractivity contribution in [1.82, 2.24) is 10.2 Å². The van der Waals surface area contributed by atoms with E-state index in [1.807, 2.05) is 57.2 Å². The summed E-state index contributed by atoms with van der Waals surface area (Å²) in [6, 6.07) is 16.0. The van der Waals surface area contributed by atoms with E-state index in [4.69, 9.17) is 9.47 Å². The average molecular weight is 507 g/mol. The molecule has 2 bridgehead atoms. The zero-order valence-corrected chi connectivity index (χ0v) is 21.7. The summed E-state index contributed by atoms with van der Waals surface area (Å²) in [5.74, 6) is -1.21. The summed E-state index contributed by atoms with van der Waals surface area (Å²) in [6.45, 7) is 7.82. The number of ether oxygens (including phenoxy) is 2. The van der Waals surface area contributed by atoms with Crippen LogP contribution in [0.1, 0.15) is 57.6 Å². The van der Waals surface area contributed by atoms with E-state index in [0.29, 0.717) is 6.54 Å². The van der Waals surface area contributed by atoms with E-state index < -0.39 is 29.3 Å². The molecule has 1 saturated carbocycles. The molecule has 4 unspecified atom stereocenters. The van der Waals surface area contributed by atoms with Gasteiger partial charge in [-0.2, -0.15) is 0 Å². The highest BCUT2D eigenvalue weighted by Crippen LogP contribution is 2.52. The number of amides is 2. The van der Waals surface area contributed by atoms with Gasteiger partial charge in [0.25, 0.3) is 0 Å². The van der Waals surface area contributed by atoms with E-state index >= 15 is 0 Å². The van der Waals surface area contributed by atoms with Gasteiger partial charge in [0.15, 0.2) is 0 Å². The third-order valence-corrected chi connectivity index (χ3v) is 7.91. The monoisotopic (exact) mass is 506 g/mol. The first-order valence-electron chi connectivity index (χ1n) is 12.8. The highest BCUT2D eigenvalue weighted by Gasteiger charge is 2.61. The maximum atomic E-state index is 13.1. The van der Waals surface area contributed by atoms with Gasteiger partial charge in [-0.15, -0.1) is 0 Å². The van der Waals surface area contributed by atoms with E-state index in [9.17, 15) is 19.5 Å². The molecular weight excluding hydrogens is 472 g/mol. The lowest BCUT2D eigenvalue weighted by atomic mass is 9.62. The lowest BCUT2D eigenvalue weighted by Gasteiger charge is -2.47. The molecule has 2 aromatic rings. The number of hydrogen-bond donors (Lipinski definition) is 2. The minimum absolute atomic E-state index is 0.0913. The van der Waals surface area contributed by atoms with Crippen LogP contribution in [0.3, 0.4) is 0 Å². The predicted molar refractivity (Wildman–Crippen MR) is 137 cm³/mol. The number of hydrogen-bond acceptors (Lipinski definition) is 5. The first-order chi connectivity index (χ1) is 17.5. The van der Waals surface area contributed by atoms with Crippen molar-refractivity contribution in [2.75, 3.05) is 13.2 Å². The fourth-order valence-electron chi connectivity index (χ4n) is 6.52. The number of aliphatic carboxylic acids is 1. The number of carboxylic acids is 1. The first-order valence-corrected chi connectivity index (χ1v) is 12.8. The molecule has 8 heteroatoms. The zero-order valence-electron chi connectivity index (χ0n) is 21.7. The van der Waals surface area contributed by atoms with E-state index in [1.54, 1.807) is 11.8 Å². The second-order valence-corrected chi connectivity index (χ2v) is 11.7. The van der Waals surface area contributed by atoms with Gasteiger partial charge in [0, 0.05) is 24.4 Å². The lowest BCUT2D eigenvalue weighted by molar-refractivity contribution is -0.139. The summed E-state index contributed by atoms with van der Waals surface area (Å²) in [5.41, 5.74) is 2.79. The Labute approximate surface area is 216 Å². The van der Waals surface area contributed by atoms with Crippen LogP contribution >= 0.6 is 0 Å². The molecule has 2 amide bonds. The summed E-state index contributed by atoms with van der Waals surface area (Å²) >= 11 is 0. The summed E-state index contributed by atoms with van der Waals surface area (Å²) in [5, 5.41) is 12.6. The van der Waals surface area contributed by atoms with E-state index in [-0.39, 0.29) is 36.8 Å². The van der Waals surface area contributed by atoms with Crippen molar-refractivity contribution >= 4 is 18.2 Å². The van der Waals surface area contributed by atoms with Gasteiger partial charge in [-0.3, -0.25) is 4.79 Å². The smallest absolute Gasteiger partial charge is 0.410 e. The van der Waals surface area contributed by atoms with Gasteiger partial charge in [-0.05, 0) is 62.3 Å². The Morgan fingerprint density at radius 1 is 1.00 bits per heavy atom. The number of nitrogens with one attached hydrogen (secondary N) is 1. The van der Waals surface area contributed by atoms with Crippen molar-refractivity contribution in [3.63, 3.8) is 0 Å². The van der Waals surface area contributed by atoms with Crippen LogP contribution in [-0.4, -0.2) is 58.5 Å². The Balaban J connectivity index is 1.29. The fraction of sp³-hybridized carbons (Fsp3) is 0.483. The van der Waals surface area contributed by atoms with Gasteiger partial charge in [-0.25, -0.2) is 9.59 Å². The minimum atomic E-state index is -1.07.